The van der Waals surface area contributed by atoms with E-state index in [0.717, 1.165) is 23.5 Å². The highest BCUT2D eigenvalue weighted by Crippen LogP contribution is 2.36. The lowest BCUT2D eigenvalue weighted by atomic mass is 9.80. The topological polar surface area (TPSA) is 50.2 Å². The second kappa shape index (κ2) is 4.22. The number of aromatic amines is 1. The van der Waals surface area contributed by atoms with Crippen LogP contribution in [-0.2, 0) is 5.41 Å². The van der Waals surface area contributed by atoms with Gasteiger partial charge in [-0.2, -0.15) is 0 Å². The molecule has 2 aromatic heterocycles. The van der Waals surface area contributed by atoms with Crippen molar-refractivity contribution < 1.29 is 0 Å². The summed E-state index contributed by atoms with van der Waals surface area (Å²) >= 11 is 0. The standard InChI is InChI=1S/C15H21N3O/c1-4-15(2,3)14-16-12-8-11(10-6-5-7-10)9-13(19)18(12)17-14/h8-10H,4-7H2,1-3H3,(H,16,17). The van der Waals surface area contributed by atoms with Crippen LogP contribution < -0.4 is 5.56 Å². The highest BCUT2D eigenvalue weighted by Gasteiger charge is 2.24. The minimum atomic E-state index is -0.0326. The molecule has 0 saturated heterocycles. The maximum atomic E-state index is 12.2. The second-order valence-corrected chi connectivity index (χ2v) is 6.26. The summed E-state index contributed by atoms with van der Waals surface area (Å²) in [5, 5.41) is 3.15. The van der Waals surface area contributed by atoms with Gasteiger partial charge in [0, 0.05) is 11.5 Å². The van der Waals surface area contributed by atoms with Crippen LogP contribution in [0.15, 0.2) is 16.9 Å². The number of aromatic nitrogens is 3. The third kappa shape index (κ3) is 1.99. The molecule has 0 spiro atoms. The first-order valence-corrected chi connectivity index (χ1v) is 7.14. The number of fused-ring (bicyclic) bond motifs is 1. The third-order valence-electron chi connectivity index (χ3n) is 4.58. The van der Waals surface area contributed by atoms with E-state index in [-0.39, 0.29) is 11.0 Å². The summed E-state index contributed by atoms with van der Waals surface area (Å²) in [6.45, 7) is 6.42. The van der Waals surface area contributed by atoms with Crippen molar-refractivity contribution in [1.29, 1.82) is 0 Å². The molecule has 1 aliphatic carbocycles. The molecule has 1 fully saturated rings. The van der Waals surface area contributed by atoms with E-state index in [4.69, 9.17) is 0 Å². The van der Waals surface area contributed by atoms with E-state index in [1.807, 2.05) is 0 Å². The van der Waals surface area contributed by atoms with E-state index in [1.54, 1.807) is 10.6 Å². The van der Waals surface area contributed by atoms with Crippen molar-refractivity contribution in [2.45, 2.75) is 57.8 Å². The van der Waals surface area contributed by atoms with E-state index in [1.165, 1.54) is 19.3 Å². The largest absolute Gasteiger partial charge is 0.276 e. The van der Waals surface area contributed by atoms with E-state index in [2.05, 4.69) is 36.9 Å². The molecule has 102 valence electrons. The maximum Gasteiger partial charge on any atom is 0.271 e. The van der Waals surface area contributed by atoms with Crippen LogP contribution in [0.4, 0.5) is 0 Å². The molecule has 2 aromatic rings. The van der Waals surface area contributed by atoms with Crippen LogP contribution in [-0.4, -0.2) is 14.6 Å². The predicted octanol–water partition coefficient (Wildman–Crippen LogP) is 2.98. The van der Waals surface area contributed by atoms with E-state index < -0.39 is 0 Å². The van der Waals surface area contributed by atoms with Gasteiger partial charge in [-0.3, -0.25) is 9.89 Å². The molecule has 0 aromatic carbocycles. The van der Waals surface area contributed by atoms with Crippen molar-refractivity contribution in [3.05, 3.63) is 33.9 Å². The summed E-state index contributed by atoms with van der Waals surface area (Å²) in [6, 6.07) is 3.83. The Labute approximate surface area is 112 Å². The van der Waals surface area contributed by atoms with Crippen LogP contribution in [0.25, 0.3) is 5.65 Å². The molecular formula is C15H21N3O. The van der Waals surface area contributed by atoms with Gasteiger partial charge < -0.3 is 0 Å². The Balaban J connectivity index is 2.12. The van der Waals surface area contributed by atoms with E-state index in [0.29, 0.717) is 5.92 Å². The summed E-state index contributed by atoms with van der Waals surface area (Å²) in [7, 11) is 0. The first-order chi connectivity index (χ1) is 9.01. The molecule has 0 radical (unpaired) electrons. The van der Waals surface area contributed by atoms with Crippen LogP contribution in [0.2, 0.25) is 0 Å². The Morgan fingerprint density at radius 2 is 2.16 bits per heavy atom. The fraction of sp³-hybridized carbons (Fsp3) is 0.600. The van der Waals surface area contributed by atoms with Gasteiger partial charge in [0.25, 0.3) is 5.56 Å². The number of nitrogens with one attached hydrogen (secondary N) is 1. The molecule has 4 nitrogen and oxygen atoms in total. The van der Waals surface area contributed by atoms with E-state index >= 15 is 0 Å². The molecule has 0 bridgehead atoms. The van der Waals surface area contributed by atoms with Gasteiger partial charge in [-0.1, -0.05) is 27.2 Å². The van der Waals surface area contributed by atoms with Crippen LogP contribution in [0.1, 0.15) is 63.8 Å². The van der Waals surface area contributed by atoms with Crippen LogP contribution >= 0.6 is 0 Å². The first-order valence-electron chi connectivity index (χ1n) is 7.14. The molecule has 0 amide bonds. The minimum Gasteiger partial charge on any atom is -0.276 e. The number of nitrogens with zero attached hydrogens (tertiary/aromatic N) is 2. The zero-order valence-corrected chi connectivity index (χ0v) is 11.9. The van der Waals surface area contributed by atoms with E-state index in [9.17, 15) is 4.79 Å². The Bertz CT molecular complexity index is 662. The molecule has 3 rings (SSSR count). The summed E-state index contributed by atoms with van der Waals surface area (Å²) < 4.78 is 1.56. The molecule has 1 aliphatic rings. The quantitative estimate of drug-likeness (QED) is 0.921. The Kier molecular flexibility index (Phi) is 2.77. The summed E-state index contributed by atoms with van der Waals surface area (Å²) in [6.07, 6.45) is 4.66. The Morgan fingerprint density at radius 1 is 1.42 bits per heavy atom. The monoisotopic (exact) mass is 259 g/mol. The molecule has 1 N–H and O–H groups in total. The lowest BCUT2D eigenvalue weighted by molar-refractivity contribution is 0.419. The number of pyridine rings is 1. The summed E-state index contributed by atoms with van der Waals surface area (Å²) in [5.41, 5.74) is 1.88. The number of rotatable bonds is 3. The van der Waals surface area contributed by atoms with Gasteiger partial charge in [0.1, 0.15) is 5.82 Å². The van der Waals surface area contributed by atoms with Crippen LogP contribution in [0.5, 0.6) is 0 Å². The first kappa shape index (κ1) is 12.5. The van der Waals surface area contributed by atoms with Crippen LogP contribution in [0.3, 0.4) is 0 Å². The number of hydrogen-bond acceptors (Lipinski definition) is 2. The highest BCUT2D eigenvalue weighted by atomic mass is 16.1. The van der Waals surface area contributed by atoms with Gasteiger partial charge in [0.05, 0.1) is 0 Å². The van der Waals surface area contributed by atoms with Gasteiger partial charge in [-0.25, -0.2) is 9.50 Å². The molecule has 0 aliphatic heterocycles. The molecule has 0 unspecified atom stereocenters. The van der Waals surface area contributed by atoms with Crippen molar-refractivity contribution >= 4 is 5.65 Å². The Hall–Kier alpha value is -1.58. The maximum absolute atomic E-state index is 12.2. The third-order valence-corrected chi connectivity index (χ3v) is 4.58. The van der Waals surface area contributed by atoms with Gasteiger partial charge in [0.2, 0.25) is 0 Å². The minimum absolute atomic E-state index is 0.00468. The number of H-pyrrole nitrogens is 1. The van der Waals surface area contributed by atoms with Crippen molar-refractivity contribution in [3.8, 4) is 0 Å². The molecule has 2 heterocycles. The molecule has 0 atom stereocenters. The average Bonchev–Trinajstić information content (AvgIpc) is 2.72. The molecule has 1 saturated carbocycles. The fourth-order valence-corrected chi connectivity index (χ4v) is 2.46. The molecule has 19 heavy (non-hydrogen) atoms. The fourth-order valence-electron chi connectivity index (χ4n) is 2.46. The SMILES string of the molecule is CCC(C)(C)c1nc2cc(C3CCC3)cc(=O)n2[nH]1. The molecular weight excluding hydrogens is 238 g/mol. The van der Waals surface area contributed by atoms with Gasteiger partial charge >= 0.3 is 0 Å². The lowest BCUT2D eigenvalue weighted by Gasteiger charge is -2.25. The van der Waals surface area contributed by atoms with Gasteiger partial charge in [-0.05, 0) is 36.8 Å². The predicted molar refractivity (Wildman–Crippen MR) is 75.7 cm³/mol. The Morgan fingerprint density at radius 3 is 2.74 bits per heavy atom. The zero-order chi connectivity index (χ0) is 13.6. The smallest absolute Gasteiger partial charge is 0.271 e. The van der Waals surface area contributed by atoms with Gasteiger partial charge in [-0.15, -0.1) is 0 Å². The average molecular weight is 259 g/mol. The highest BCUT2D eigenvalue weighted by molar-refractivity contribution is 5.42. The summed E-state index contributed by atoms with van der Waals surface area (Å²) in [5.74, 6) is 1.45. The van der Waals surface area contributed by atoms with Crippen LogP contribution in [0, 0.1) is 0 Å². The summed E-state index contributed by atoms with van der Waals surface area (Å²) in [4.78, 5) is 16.8. The number of hydrogen-bond donors (Lipinski definition) is 1. The van der Waals surface area contributed by atoms with Crippen molar-refractivity contribution in [2.75, 3.05) is 0 Å². The van der Waals surface area contributed by atoms with Gasteiger partial charge in [0.15, 0.2) is 5.65 Å². The normalized spacial score (nSPS) is 16.8. The molecule has 4 heteroatoms. The lowest BCUT2D eigenvalue weighted by Crippen LogP contribution is -2.20. The second-order valence-electron chi connectivity index (χ2n) is 6.26. The van der Waals surface area contributed by atoms with Crippen molar-refractivity contribution in [3.63, 3.8) is 0 Å². The van der Waals surface area contributed by atoms with Crippen molar-refractivity contribution in [2.24, 2.45) is 0 Å². The zero-order valence-electron chi connectivity index (χ0n) is 11.9. The van der Waals surface area contributed by atoms with Crippen molar-refractivity contribution in [1.82, 2.24) is 14.6 Å².